The number of hydrogen-bond donors (Lipinski definition) is 3. The van der Waals surface area contributed by atoms with Crippen molar-refractivity contribution >= 4 is 23.2 Å². The van der Waals surface area contributed by atoms with Gasteiger partial charge in [-0.05, 0) is 31.2 Å². The molecular formula is C14H20N4O3. The number of hydrogen-bond acceptors (Lipinski definition) is 5. The highest BCUT2D eigenvalue weighted by Crippen LogP contribution is 2.15. The van der Waals surface area contributed by atoms with E-state index in [0.717, 1.165) is 0 Å². The minimum absolute atomic E-state index is 0.201. The number of amides is 2. The zero-order valence-electron chi connectivity index (χ0n) is 11.9. The summed E-state index contributed by atoms with van der Waals surface area (Å²) >= 11 is 0. The molecule has 21 heavy (non-hydrogen) atoms. The molecule has 5 N–H and O–H groups in total. The molecule has 114 valence electrons. The molecule has 0 spiro atoms. The van der Waals surface area contributed by atoms with E-state index in [1.807, 2.05) is 0 Å². The summed E-state index contributed by atoms with van der Waals surface area (Å²) in [6.45, 7) is 2.93. The fourth-order valence-corrected chi connectivity index (χ4v) is 2.29. The maximum atomic E-state index is 12.3. The van der Waals surface area contributed by atoms with Crippen molar-refractivity contribution in [3.63, 3.8) is 0 Å². The quantitative estimate of drug-likeness (QED) is 0.665. The summed E-state index contributed by atoms with van der Waals surface area (Å²) in [5.41, 5.74) is 12.2. The number of morpholine rings is 1. The topological polar surface area (TPSA) is 111 Å². The highest BCUT2D eigenvalue weighted by molar-refractivity contribution is 5.95. The molecule has 7 heteroatoms. The minimum Gasteiger partial charge on any atom is -0.399 e. The first kappa shape index (κ1) is 15.3. The van der Waals surface area contributed by atoms with Crippen LogP contribution >= 0.6 is 0 Å². The Morgan fingerprint density at radius 1 is 1.38 bits per heavy atom. The molecule has 1 aliphatic heterocycles. The van der Waals surface area contributed by atoms with Crippen LogP contribution in [0.3, 0.4) is 0 Å². The van der Waals surface area contributed by atoms with Gasteiger partial charge >= 0.3 is 0 Å². The number of ether oxygens (including phenoxy) is 1. The van der Waals surface area contributed by atoms with E-state index in [4.69, 9.17) is 16.2 Å². The Kier molecular flexibility index (Phi) is 4.77. The Labute approximate surface area is 123 Å². The fraction of sp³-hybridized carbons (Fsp3) is 0.429. The Morgan fingerprint density at radius 3 is 2.67 bits per heavy atom. The SMILES string of the molecule is CC(C(=O)Nc1ccc(N)cc1)N1CCOCC1C(N)=O. The molecule has 1 aromatic carbocycles. The van der Waals surface area contributed by atoms with Crippen LogP contribution in [0, 0.1) is 0 Å². The molecule has 1 saturated heterocycles. The van der Waals surface area contributed by atoms with E-state index in [9.17, 15) is 9.59 Å². The van der Waals surface area contributed by atoms with Crippen LogP contribution in [0.2, 0.25) is 0 Å². The zero-order valence-corrected chi connectivity index (χ0v) is 11.9. The number of primary amides is 1. The van der Waals surface area contributed by atoms with Crippen molar-refractivity contribution in [2.75, 3.05) is 30.8 Å². The first-order valence-electron chi connectivity index (χ1n) is 6.78. The summed E-state index contributed by atoms with van der Waals surface area (Å²) in [7, 11) is 0. The van der Waals surface area contributed by atoms with E-state index < -0.39 is 18.0 Å². The molecule has 0 saturated carbocycles. The molecule has 0 bridgehead atoms. The Bertz CT molecular complexity index is 517. The average molecular weight is 292 g/mol. The van der Waals surface area contributed by atoms with Crippen molar-refractivity contribution in [3.8, 4) is 0 Å². The normalized spacial score (nSPS) is 20.7. The fourth-order valence-electron chi connectivity index (χ4n) is 2.29. The van der Waals surface area contributed by atoms with E-state index in [0.29, 0.717) is 24.5 Å². The van der Waals surface area contributed by atoms with Crippen LogP contribution in [0.4, 0.5) is 11.4 Å². The van der Waals surface area contributed by atoms with Gasteiger partial charge in [0.1, 0.15) is 6.04 Å². The lowest BCUT2D eigenvalue weighted by atomic mass is 10.1. The Hall–Kier alpha value is -2.12. The van der Waals surface area contributed by atoms with Gasteiger partial charge < -0.3 is 21.5 Å². The lowest BCUT2D eigenvalue weighted by Gasteiger charge is -2.37. The smallest absolute Gasteiger partial charge is 0.241 e. The van der Waals surface area contributed by atoms with Crippen LogP contribution in [0.1, 0.15) is 6.92 Å². The molecule has 2 amide bonds. The van der Waals surface area contributed by atoms with Crippen molar-refractivity contribution in [2.24, 2.45) is 5.73 Å². The number of nitrogen functional groups attached to an aromatic ring is 1. The van der Waals surface area contributed by atoms with Crippen LogP contribution < -0.4 is 16.8 Å². The first-order chi connectivity index (χ1) is 9.99. The maximum Gasteiger partial charge on any atom is 0.241 e. The van der Waals surface area contributed by atoms with E-state index in [1.54, 1.807) is 36.1 Å². The van der Waals surface area contributed by atoms with Crippen LogP contribution in [0.25, 0.3) is 0 Å². The van der Waals surface area contributed by atoms with Gasteiger partial charge in [0.05, 0.1) is 19.3 Å². The van der Waals surface area contributed by atoms with E-state index in [-0.39, 0.29) is 12.5 Å². The van der Waals surface area contributed by atoms with Crippen LogP contribution in [-0.2, 0) is 14.3 Å². The molecule has 7 nitrogen and oxygen atoms in total. The number of carbonyl (C=O) groups excluding carboxylic acids is 2. The van der Waals surface area contributed by atoms with Gasteiger partial charge in [0, 0.05) is 17.9 Å². The number of nitrogens with one attached hydrogen (secondary N) is 1. The summed E-state index contributed by atoms with van der Waals surface area (Å²) < 4.78 is 5.25. The van der Waals surface area contributed by atoms with Crippen LogP contribution in [-0.4, -0.2) is 48.6 Å². The third-order valence-electron chi connectivity index (χ3n) is 3.55. The van der Waals surface area contributed by atoms with Gasteiger partial charge in [-0.1, -0.05) is 0 Å². The third kappa shape index (κ3) is 3.71. The lowest BCUT2D eigenvalue weighted by Crippen LogP contribution is -2.58. The second kappa shape index (κ2) is 6.55. The van der Waals surface area contributed by atoms with Crippen LogP contribution in [0.5, 0.6) is 0 Å². The standard InChI is InChI=1S/C14H20N4O3/c1-9(18-6-7-21-8-12(18)13(16)19)14(20)17-11-4-2-10(15)3-5-11/h2-5,9,12H,6-8,15H2,1H3,(H2,16,19)(H,17,20). The Balaban J connectivity index is 2.03. The third-order valence-corrected chi connectivity index (χ3v) is 3.55. The summed E-state index contributed by atoms with van der Waals surface area (Å²) in [5.74, 6) is -0.685. The van der Waals surface area contributed by atoms with E-state index in [2.05, 4.69) is 5.32 Å². The second-order valence-electron chi connectivity index (χ2n) is 5.02. The van der Waals surface area contributed by atoms with E-state index in [1.165, 1.54) is 0 Å². The summed E-state index contributed by atoms with van der Waals surface area (Å²) in [6, 6.07) is 5.81. The molecule has 0 radical (unpaired) electrons. The summed E-state index contributed by atoms with van der Waals surface area (Å²) in [6.07, 6.45) is 0. The summed E-state index contributed by atoms with van der Waals surface area (Å²) in [5, 5.41) is 2.80. The largest absolute Gasteiger partial charge is 0.399 e. The number of benzene rings is 1. The number of nitrogens with two attached hydrogens (primary N) is 2. The van der Waals surface area contributed by atoms with Crippen molar-refractivity contribution in [3.05, 3.63) is 24.3 Å². The maximum absolute atomic E-state index is 12.3. The molecule has 0 aromatic heterocycles. The average Bonchev–Trinajstić information content (AvgIpc) is 2.48. The van der Waals surface area contributed by atoms with Crippen LogP contribution in [0.15, 0.2) is 24.3 Å². The monoisotopic (exact) mass is 292 g/mol. The molecule has 2 unspecified atom stereocenters. The van der Waals surface area contributed by atoms with Crippen molar-refractivity contribution in [1.29, 1.82) is 0 Å². The lowest BCUT2D eigenvalue weighted by molar-refractivity contribution is -0.135. The van der Waals surface area contributed by atoms with E-state index >= 15 is 0 Å². The van der Waals surface area contributed by atoms with Crippen molar-refractivity contribution < 1.29 is 14.3 Å². The van der Waals surface area contributed by atoms with Gasteiger partial charge in [-0.15, -0.1) is 0 Å². The molecular weight excluding hydrogens is 272 g/mol. The zero-order chi connectivity index (χ0) is 15.4. The molecule has 1 aliphatic rings. The van der Waals surface area contributed by atoms with Gasteiger partial charge in [-0.3, -0.25) is 14.5 Å². The van der Waals surface area contributed by atoms with Crippen molar-refractivity contribution in [2.45, 2.75) is 19.0 Å². The first-order valence-corrected chi connectivity index (χ1v) is 6.78. The van der Waals surface area contributed by atoms with Crippen molar-refractivity contribution in [1.82, 2.24) is 4.90 Å². The van der Waals surface area contributed by atoms with Gasteiger partial charge in [-0.25, -0.2) is 0 Å². The molecule has 2 rings (SSSR count). The Morgan fingerprint density at radius 2 is 2.05 bits per heavy atom. The molecule has 2 atom stereocenters. The van der Waals surface area contributed by atoms with Gasteiger partial charge in [0.25, 0.3) is 0 Å². The number of nitrogens with zero attached hydrogens (tertiary/aromatic N) is 1. The predicted molar refractivity (Wildman–Crippen MR) is 79.5 cm³/mol. The highest BCUT2D eigenvalue weighted by Gasteiger charge is 2.34. The summed E-state index contributed by atoms with van der Waals surface area (Å²) in [4.78, 5) is 25.5. The van der Waals surface area contributed by atoms with Gasteiger partial charge in [-0.2, -0.15) is 0 Å². The number of carbonyl (C=O) groups is 2. The number of anilines is 2. The molecule has 1 fully saturated rings. The highest BCUT2D eigenvalue weighted by atomic mass is 16.5. The minimum atomic E-state index is -0.578. The second-order valence-corrected chi connectivity index (χ2v) is 5.02. The predicted octanol–water partition coefficient (Wildman–Crippen LogP) is -0.218. The molecule has 1 heterocycles. The number of rotatable bonds is 4. The van der Waals surface area contributed by atoms with Gasteiger partial charge in [0.2, 0.25) is 11.8 Å². The molecule has 1 aromatic rings. The van der Waals surface area contributed by atoms with Gasteiger partial charge in [0.15, 0.2) is 0 Å². The molecule has 0 aliphatic carbocycles.